The summed E-state index contributed by atoms with van der Waals surface area (Å²) in [6, 6.07) is 21.1. The molecule has 4 rings (SSSR count). The lowest BCUT2D eigenvalue weighted by Gasteiger charge is -2.36. The standard InChI is InChI=1S/C27H32N6O3/c1-20(36-23-11-7-4-8-12-23)27(35)33-17-15-32(16-18-33)25-19-24(29-14-13-28-21(2)34)30-26(31-25)22-9-5-3-6-10-22/h3-12,19-20H,13-18H2,1-2H3,(H,28,34)(H,29,30,31). The summed E-state index contributed by atoms with van der Waals surface area (Å²) in [5.41, 5.74) is 0.921. The van der Waals surface area contributed by atoms with E-state index in [-0.39, 0.29) is 11.8 Å². The van der Waals surface area contributed by atoms with Crippen LogP contribution >= 0.6 is 0 Å². The zero-order valence-electron chi connectivity index (χ0n) is 20.7. The van der Waals surface area contributed by atoms with Crippen molar-refractivity contribution in [3.63, 3.8) is 0 Å². The number of hydrogen-bond acceptors (Lipinski definition) is 7. The second-order valence-electron chi connectivity index (χ2n) is 8.60. The minimum Gasteiger partial charge on any atom is -0.481 e. The van der Waals surface area contributed by atoms with Crippen LogP contribution in [0.25, 0.3) is 11.4 Å². The van der Waals surface area contributed by atoms with Crippen LogP contribution in [0.4, 0.5) is 11.6 Å². The lowest BCUT2D eigenvalue weighted by Crippen LogP contribution is -2.52. The van der Waals surface area contributed by atoms with E-state index in [4.69, 9.17) is 9.72 Å². The molecular formula is C27H32N6O3. The molecule has 3 aromatic rings. The van der Waals surface area contributed by atoms with E-state index < -0.39 is 6.10 Å². The van der Waals surface area contributed by atoms with Gasteiger partial charge in [0, 0.05) is 57.8 Å². The number of aromatic nitrogens is 2. The summed E-state index contributed by atoms with van der Waals surface area (Å²) >= 11 is 0. The van der Waals surface area contributed by atoms with Crippen molar-refractivity contribution >= 4 is 23.5 Å². The SMILES string of the molecule is CC(=O)NCCNc1cc(N2CCN(C(=O)C(C)Oc3ccccc3)CC2)nc(-c2ccccc2)n1. The molecule has 0 spiro atoms. The predicted octanol–water partition coefficient (Wildman–Crippen LogP) is 2.81. The van der Waals surface area contributed by atoms with Crippen LogP contribution in [0.3, 0.4) is 0 Å². The van der Waals surface area contributed by atoms with Crippen LogP contribution in [-0.4, -0.2) is 72.1 Å². The molecule has 188 valence electrons. The monoisotopic (exact) mass is 488 g/mol. The van der Waals surface area contributed by atoms with Crippen LogP contribution in [0.15, 0.2) is 66.7 Å². The molecule has 1 unspecified atom stereocenters. The van der Waals surface area contributed by atoms with Crippen molar-refractivity contribution in [3.8, 4) is 17.1 Å². The van der Waals surface area contributed by atoms with Gasteiger partial charge >= 0.3 is 0 Å². The Balaban J connectivity index is 1.42. The molecule has 0 radical (unpaired) electrons. The van der Waals surface area contributed by atoms with Crippen molar-refractivity contribution < 1.29 is 14.3 Å². The number of para-hydroxylation sites is 1. The molecule has 1 fully saturated rings. The predicted molar refractivity (Wildman–Crippen MR) is 140 cm³/mol. The van der Waals surface area contributed by atoms with Gasteiger partial charge < -0.3 is 25.2 Å². The second kappa shape index (κ2) is 12.0. The highest BCUT2D eigenvalue weighted by atomic mass is 16.5. The van der Waals surface area contributed by atoms with E-state index in [0.717, 1.165) is 11.4 Å². The third-order valence-corrected chi connectivity index (χ3v) is 5.87. The maximum absolute atomic E-state index is 13.0. The van der Waals surface area contributed by atoms with E-state index >= 15 is 0 Å². The molecule has 0 aliphatic carbocycles. The molecule has 36 heavy (non-hydrogen) atoms. The summed E-state index contributed by atoms with van der Waals surface area (Å²) in [4.78, 5) is 37.6. The quantitative estimate of drug-likeness (QED) is 0.447. The number of piperazine rings is 1. The zero-order valence-corrected chi connectivity index (χ0v) is 20.7. The molecule has 1 aliphatic rings. The fraction of sp³-hybridized carbons (Fsp3) is 0.333. The lowest BCUT2D eigenvalue weighted by molar-refractivity contribution is -0.138. The number of nitrogens with one attached hydrogen (secondary N) is 2. The highest BCUT2D eigenvalue weighted by molar-refractivity contribution is 5.81. The van der Waals surface area contributed by atoms with Crippen molar-refractivity contribution in [1.82, 2.24) is 20.2 Å². The van der Waals surface area contributed by atoms with Crippen LogP contribution < -0.4 is 20.3 Å². The van der Waals surface area contributed by atoms with Gasteiger partial charge in [0.05, 0.1) is 0 Å². The number of rotatable bonds is 9. The number of carbonyl (C=O) groups excluding carboxylic acids is 2. The molecule has 9 nitrogen and oxygen atoms in total. The maximum Gasteiger partial charge on any atom is 0.263 e. The Bertz CT molecular complexity index is 1150. The van der Waals surface area contributed by atoms with E-state index in [9.17, 15) is 9.59 Å². The summed E-state index contributed by atoms with van der Waals surface area (Å²) in [5.74, 6) is 2.70. The van der Waals surface area contributed by atoms with E-state index in [1.807, 2.05) is 71.6 Å². The highest BCUT2D eigenvalue weighted by Gasteiger charge is 2.27. The molecule has 0 bridgehead atoms. The number of carbonyl (C=O) groups is 2. The number of amides is 2. The Hall–Kier alpha value is -4.14. The molecule has 2 N–H and O–H groups in total. The smallest absolute Gasteiger partial charge is 0.263 e. The van der Waals surface area contributed by atoms with E-state index in [1.165, 1.54) is 6.92 Å². The van der Waals surface area contributed by atoms with Gasteiger partial charge in [-0.25, -0.2) is 9.97 Å². The summed E-state index contributed by atoms with van der Waals surface area (Å²) in [7, 11) is 0. The molecule has 9 heteroatoms. The van der Waals surface area contributed by atoms with E-state index in [2.05, 4.69) is 20.5 Å². The number of nitrogens with zero attached hydrogens (tertiary/aromatic N) is 4. The summed E-state index contributed by atoms with van der Waals surface area (Å²) in [5, 5.41) is 6.06. The van der Waals surface area contributed by atoms with Crippen LogP contribution in [-0.2, 0) is 9.59 Å². The van der Waals surface area contributed by atoms with Gasteiger partial charge in [0.15, 0.2) is 11.9 Å². The molecule has 2 heterocycles. The molecular weight excluding hydrogens is 456 g/mol. The fourth-order valence-electron chi connectivity index (χ4n) is 4.00. The molecule has 1 aromatic heterocycles. The number of hydrogen-bond donors (Lipinski definition) is 2. The molecule has 0 saturated carbocycles. The molecule has 1 aliphatic heterocycles. The van der Waals surface area contributed by atoms with Gasteiger partial charge in [-0.2, -0.15) is 0 Å². The summed E-state index contributed by atoms with van der Waals surface area (Å²) in [6.07, 6.45) is -0.554. The minimum absolute atomic E-state index is 0.0218. The molecule has 2 aromatic carbocycles. The lowest BCUT2D eigenvalue weighted by atomic mass is 10.2. The molecule has 1 saturated heterocycles. The summed E-state index contributed by atoms with van der Waals surface area (Å²) in [6.45, 7) is 6.80. The third-order valence-electron chi connectivity index (χ3n) is 5.87. The summed E-state index contributed by atoms with van der Waals surface area (Å²) < 4.78 is 5.82. The average molecular weight is 489 g/mol. The Kier molecular flexibility index (Phi) is 8.33. The first-order valence-corrected chi connectivity index (χ1v) is 12.2. The van der Waals surface area contributed by atoms with Gasteiger partial charge in [-0.05, 0) is 19.1 Å². The van der Waals surface area contributed by atoms with Gasteiger partial charge in [-0.1, -0.05) is 48.5 Å². The zero-order chi connectivity index (χ0) is 25.3. The van der Waals surface area contributed by atoms with Crippen molar-refractivity contribution in [2.45, 2.75) is 20.0 Å². The normalized spacial score (nSPS) is 14.2. The number of ether oxygens (including phenoxy) is 1. The third kappa shape index (κ3) is 6.71. The topological polar surface area (TPSA) is 99.7 Å². The van der Waals surface area contributed by atoms with Gasteiger partial charge in [0.1, 0.15) is 17.4 Å². The van der Waals surface area contributed by atoms with Gasteiger partial charge in [0.25, 0.3) is 5.91 Å². The van der Waals surface area contributed by atoms with Crippen molar-refractivity contribution in [2.75, 3.05) is 49.5 Å². The van der Waals surface area contributed by atoms with Gasteiger partial charge in [0.2, 0.25) is 5.91 Å². The van der Waals surface area contributed by atoms with Gasteiger partial charge in [-0.15, -0.1) is 0 Å². The first-order valence-electron chi connectivity index (χ1n) is 12.2. The van der Waals surface area contributed by atoms with Crippen molar-refractivity contribution in [3.05, 3.63) is 66.7 Å². The highest BCUT2D eigenvalue weighted by Crippen LogP contribution is 2.24. The van der Waals surface area contributed by atoms with Crippen LogP contribution in [0.1, 0.15) is 13.8 Å². The average Bonchev–Trinajstić information content (AvgIpc) is 2.91. The van der Waals surface area contributed by atoms with Crippen LogP contribution in [0.5, 0.6) is 5.75 Å². The molecule has 2 amide bonds. The number of benzene rings is 2. The first kappa shape index (κ1) is 25.0. The second-order valence-corrected chi connectivity index (χ2v) is 8.60. The molecule has 1 atom stereocenters. The Labute approximate surface area is 211 Å². The fourth-order valence-corrected chi connectivity index (χ4v) is 4.00. The first-order chi connectivity index (χ1) is 17.5. The van der Waals surface area contributed by atoms with Crippen molar-refractivity contribution in [1.29, 1.82) is 0 Å². The number of anilines is 2. The largest absolute Gasteiger partial charge is 0.481 e. The Morgan fingerprint density at radius 2 is 1.61 bits per heavy atom. The minimum atomic E-state index is -0.554. The van der Waals surface area contributed by atoms with Crippen molar-refractivity contribution in [2.24, 2.45) is 0 Å². The Morgan fingerprint density at radius 1 is 0.944 bits per heavy atom. The van der Waals surface area contributed by atoms with Crippen LogP contribution in [0, 0.1) is 0 Å². The van der Waals surface area contributed by atoms with E-state index in [0.29, 0.717) is 56.7 Å². The maximum atomic E-state index is 13.0. The van der Waals surface area contributed by atoms with E-state index in [1.54, 1.807) is 6.92 Å². The van der Waals surface area contributed by atoms with Gasteiger partial charge in [-0.3, -0.25) is 9.59 Å². The Morgan fingerprint density at radius 3 is 2.28 bits per heavy atom. The van der Waals surface area contributed by atoms with Crippen LogP contribution in [0.2, 0.25) is 0 Å².